The van der Waals surface area contributed by atoms with Crippen molar-refractivity contribution in [1.29, 1.82) is 0 Å². The molecule has 6 rings (SSSR count). The van der Waals surface area contributed by atoms with Gasteiger partial charge in [0.15, 0.2) is 17.7 Å². The minimum Gasteiger partial charge on any atom is -0.478 e. The number of nitrogens with one attached hydrogen (secondary N) is 1. The van der Waals surface area contributed by atoms with Gasteiger partial charge in [-0.2, -0.15) is 0 Å². The van der Waals surface area contributed by atoms with Crippen LogP contribution in [0.2, 0.25) is 0 Å². The maximum atomic E-state index is 15.7. The van der Waals surface area contributed by atoms with Crippen LogP contribution < -0.4 is 15.5 Å². The van der Waals surface area contributed by atoms with E-state index in [1.807, 2.05) is 6.92 Å². The molecule has 1 unspecified atom stereocenters. The number of hydrogen-bond acceptors (Lipinski definition) is 7. The average molecular weight is 571 g/mol. The number of halogens is 1. The zero-order valence-electron chi connectivity index (χ0n) is 24.5. The van der Waals surface area contributed by atoms with Gasteiger partial charge < -0.3 is 29.9 Å². The summed E-state index contributed by atoms with van der Waals surface area (Å²) in [6.07, 6.45) is 2.95. The highest BCUT2D eigenvalue weighted by Crippen LogP contribution is 2.69. The molecule has 224 valence electrons. The molecule has 1 heterocycles. The van der Waals surface area contributed by atoms with E-state index < -0.39 is 59.2 Å². The lowest BCUT2D eigenvalue weighted by molar-refractivity contribution is -0.198. The van der Waals surface area contributed by atoms with Crippen LogP contribution in [0.1, 0.15) is 78.2 Å². The molecular weight excluding hydrogens is 528 g/mol. The van der Waals surface area contributed by atoms with Crippen molar-refractivity contribution in [3.05, 3.63) is 23.5 Å². The summed E-state index contributed by atoms with van der Waals surface area (Å²) in [5.74, 6) is -3.42. The Kier molecular flexibility index (Phi) is 7.12. The number of aliphatic carboxylic acids is 1. The van der Waals surface area contributed by atoms with Crippen molar-refractivity contribution >= 4 is 24.3 Å². The van der Waals surface area contributed by atoms with Crippen molar-refractivity contribution in [3.8, 4) is 5.75 Å². The first-order chi connectivity index (χ1) is 19.3. The van der Waals surface area contributed by atoms with Crippen molar-refractivity contribution in [2.45, 2.75) is 97.5 Å². The summed E-state index contributed by atoms with van der Waals surface area (Å²) in [5, 5.41) is 36.6. The lowest BCUT2D eigenvalue weighted by atomic mass is 9.41. The zero-order chi connectivity index (χ0) is 29.5. The highest BCUT2D eigenvalue weighted by Gasteiger charge is 2.69. The van der Waals surface area contributed by atoms with Crippen molar-refractivity contribution in [3.63, 3.8) is 0 Å². The van der Waals surface area contributed by atoms with E-state index in [1.165, 1.54) is 6.07 Å². The van der Waals surface area contributed by atoms with Crippen molar-refractivity contribution in [2.24, 2.45) is 39.9 Å². The van der Waals surface area contributed by atoms with Crippen LogP contribution in [0.4, 0.5) is 4.39 Å². The Balaban J connectivity index is 1.48. The third-order valence-corrected chi connectivity index (χ3v) is 12.2. The largest absolute Gasteiger partial charge is 0.494 e. The molecule has 4 aliphatic carbocycles. The Hall–Kier alpha value is -2.01. The van der Waals surface area contributed by atoms with Crippen LogP contribution in [0.25, 0.3) is 0 Å². The number of aliphatic hydroxyl groups is 1. The minimum atomic E-state index is -1.47. The summed E-state index contributed by atoms with van der Waals surface area (Å²) in [5.41, 5.74) is -1.42. The molecule has 8 nitrogen and oxygen atoms in total. The number of ketones is 1. The smallest absolute Gasteiger partial charge is 0.478 e. The zero-order valence-corrected chi connectivity index (χ0v) is 24.5. The number of hydrogen-bond donors (Lipinski definition) is 4. The fourth-order valence-electron chi connectivity index (χ4n) is 9.41. The first kappa shape index (κ1) is 29.1. The fraction of sp³-hybridized carbons (Fsp3) is 0.742. The molecule has 0 radical (unpaired) electrons. The number of ether oxygens (including phenoxy) is 1. The van der Waals surface area contributed by atoms with E-state index in [0.717, 1.165) is 25.7 Å². The van der Waals surface area contributed by atoms with Gasteiger partial charge in [0, 0.05) is 41.7 Å². The summed E-state index contributed by atoms with van der Waals surface area (Å²) in [6, 6.07) is 3.38. The molecule has 2 bridgehead atoms. The lowest BCUT2D eigenvalue weighted by Crippen LogP contribution is -2.65. The molecule has 9 atom stereocenters. The monoisotopic (exact) mass is 571 g/mol. The minimum absolute atomic E-state index is 0.0151. The van der Waals surface area contributed by atoms with E-state index in [0.29, 0.717) is 37.4 Å². The second kappa shape index (κ2) is 10.0. The predicted octanol–water partition coefficient (Wildman–Crippen LogP) is 3.05. The van der Waals surface area contributed by atoms with Gasteiger partial charge in [-0.25, -0.2) is 9.18 Å². The van der Waals surface area contributed by atoms with E-state index in [4.69, 9.17) is 9.39 Å². The number of aliphatic hydroxyl groups excluding tert-OH is 1. The molecular formula is C31H43BFNO7. The Bertz CT molecular complexity index is 1240. The van der Waals surface area contributed by atoms with Crippen LogP contribution in [-0.2, 0) is 20.9 Å². The number of benzene rings is 1. The molecule has 1 aromatic rings. The molecule has 4 saturated carbocycles. The second-order valence-corrected chi connectivity index (χ2v) is 14.3. The molecule has 41 heavy (non-hydrogen) atoms. The Morgan fingerprint density at radius 1 is 1.24 bits per heavy atom. The third kappa shape index (κ3) is 4.38. The average Bonchev–Trinajstić information content (AvgIpc) is 3.60. The second-order valence-electron chi connectivity index (χ2n) is 14.3. The predicted molar refractivity (Wildman–Crippen MR) is 150 cm³/mol. The summed E-state index contributed by atoms with van der Waals surface area (Å²) in [6.45, 7) is 8.84. The van der Waals surface area contributed by atoms with Crippen LogP contribution in [0, 0.1) is 45.7 Å². The quantitative estimate of drug-likeness (QED) is 0.368. The molecule has 1 aliphatic heterocycles. The van der Waals surface area contributed by atoms with Gasteiger partial charge in [-0.1, -0.05) is 33.8 Å². The van der Waals surface area contributed by atoms with E-state index in [1.54, 1.807) is 6.07 Å². The fourth-order valence-corrected chi connectivity index (χ4v) is 9.41. The number of fused-ring (bicyclic) bond motifs is 1. The molecule has 5 aliphatic rings. The standard InChI is InChI=1S/C31H43BFNO7/c1-16-9-11-31-12-10-21(35)26(31)30(16,4)20(13-29(3,27(36)17(31)2)15-34-19-6-7-19)25(28(37)38)41-22-8-5-18-14-40-32(39)23(18)24(22)33/h5,8,16-17,19-20,25-27,34,36,39H,6-7,9-15H2,1-4H3,(H,37,38)/t16-,17+,20+,25?,26+,27+,29+,30-,31+/m1/s1. The normalized spacial score (nSPS) is 40.9. The van der Waals surface area contributed by atoms with Crippen LogP contribution >= 0.6 is 0 Å². The first-order valence-electron chi connectivity index (χ1n) is 15.3. The highest BCUT2D eigenvalue weighted by molar-refractivity contribution is 6.61. The number of carboxylic acids is 1. The van der Waals surface area contributed by atoms with E-state index in [2.05, 4.69) is 26.1 Å². The summed E-state index contributed by atoms with van der Waals surface area (Å²) in [7, 11) is -1.45. The van der Waals surface area contributed by atoms with Gasteiger partial charge in [0.2, 0.25) is 0 Å². The SMILES string of the molecule is C[C@@H]1CC[C@@]23CCC(=O)[C@H]2[C@@]1(C)[C@H](C(Oc1ccc2c(c1F)B(O)OC2)C(=O)O)C[C@@](C)(CNC1CC1)[C@@H](O)[C@@H]3C. The van der Waals surface area contributed by atoms with Gasteiger partial charge in [-0.15, -0.1) is 0 Å². The van der Waals surface area contributed by atoms with E-state index in [9.17, 15) is 24.8 Å². The molecule has 10 heteroatoms. The Morgan fingerprint density at radius 3 is 2.66 bits per heavy atom. The Labute approximate surface area is 241 Å². The van der Waals surface area contributed by atoms with Crippen molar-refractivity contribution in [2.75, 3.05) is 6.54 Å². The van der Waals surface area contributed by atoms with Crippen LogP contribution in [0.15, 0.2) is 12.1 Å². The van der Waals surface area contributed by atoms with Crippen molar-refractivity contribution in [1.82, 2.24) is 5.32 Å². The van der Waals surface area contributed by atoms with Gasteiger partial charge in [0.1, 0.15) is 5.78 Å². The van der Waals surface area contributed by atoms with Gasteiger partial charge >= 0.3 is 13.1 Å². The molecule has 1 aromatic carbocycles. The lowest BCUT2D eigenvalue weighted by Gasteiger charge is -2.63. The van der Waals surface area contributed by atoms with E-state index in [-0.39, 0.29) is 35.4 Å². The first-order valence-corrected chi connectivity index (χ1v) is 15.3. The molecule has 0 spiro atoms. The van der Waals surface area contributed by atoms with Crippen LogP contribution in [0.3, 0.4) is 0 Å². The number of carbonyl (C=O) groups excluding carboxylic acids is 1. The highest BCUT2D eigenvalue weighted by atomic mass is 19.1. The number of rotatable bonds is 7. The van der Waals surface area contributed by atoms with Crippen LogP contribution in [-0.4, -0.2) is 58.9 Å². The summed E-state index contributed by atoms with van der Waals surface area (Å²) >= 11 is 0. The van der Waals surface area contributed by atoms with Crippen molar-refractivity contribution < 1.29 is 38.6 Å². The number of carbonyl (C=O) groups is 2. The molecule has 4 N–H and O–H groups in total. The third-order valence-electron chi connectivity index (χ3n) is 12.2. The molecule has 0 amide bonds. The van der Waals surface area contributed by atoms with Gasteiger partial charge in [0.05, 0.1) is 12.7 Å². The maximum absolute atomic E-state index is 15.7. The Morgan fingerprint density at radius 2 is 1.98 bits per heavy atom. The van der Waals surface area contributed by atoms with Crippen LogP contribution in [0.5, 0.6) is 5.75 Å². The number of Topliss-reactive ketones (excluding diaryl/α,β-unsaturated/α-hetero) is 1. The molecule has 0 saturated heterocycles. The summed E-state index contributed by atoms with van der Waals surface area (Å²) in [4.78, 5) is 26.9. The number of carboxylic acid groups (broad SMARTS) is 1. The summed E-state index contributed by atoms with van der Waals surface area (Å²) < 4.78 is 27.0. The van der Waals surface area contributed by atoms with E-state index >= 15 is 4.39 Å². The van der Waals surface area contributed by atoms with Gasteiger partial charge in [-0.3, -0.25) is 4.79 Å². The maximum Gasteiger partial charge on any atom is 0.494 e. The molecule has 4 fully saturated rings. The molecule has 0 aromatic heterocycles. The topological polar surface area (TPSA) is 125 Å². The van der Waals surface area contributed by atoms with Gasteiger partial charge in [-0.05, 0) is 72.8 Å². The van der Waals surface area contributed by atoms with Gasteiger partial charge in [0.25, 0.3) is 0 Å².